The summed E-state index contributed by atoms with van der Waals surface area (Å²) in [4.78, 5) is 4.05. The Labute approximate surface area is 102 Å². The number of hydrogen-bond acceptors (Lipinski definition) is 2. The molecule has 88 valence electrons. The van der Waals surface area contributed by atoms with Gasteiger partial charge in [-0.1, -0.05) is 35.9 Å². The van der Waals surface area contributed by atoms with Crippen molar-refractivity contribution in [3.05, 3.63) is 65.5 Å². The van der Waals surface area contributed by atoms with E-state index in [4.69, 9.17) is 0 Å². The first-order valence-corrected chi connectivity index (χ1v) is 5.86. The average molecular weight is 227 g/mol. The fraction of sp³-hybridized carbons (Fsp3) is 0.267. The third-order valence-corrected chi connectivity index (χ3v) is 2.75. The van der Waals surface area contributed by atoms with E-state index in [1.807, 2.05) is 18.2 Å². The van der Waals surface area contributed by atoms with Gasteiger partial charge in [-0.05, 0) is 30.5 Å². The number of aryl methyl sites for hydroxylation is 1. The lowest BCUT2D eigenvalue weighted by Gasteiger charge is -2.10. The lowest BCUT2D eigenvalue weighted by atomic mass is 10.0. The van der Waals surface area contributed by atoms with Gasteiger partial charge in [-0.15, -0.1) is 0 Å². The first-order valence-electron chi connectivity index (χ1n) is 5.86. The zero-order valence-electron chi connectivity index (χ0n) is 10.0. The van der Waals surface area contributed by atoms with E-state index in [-0.39, 0.29) is 6.10 Å². The molecule has 1 unspecified atom stereocenters. The van der Waals surface area contributed by atoms with Gasteiger partial charge in [0.25, 0.3) is 0 Å². The molecule has 0 fully saturated rings. The predicted molar refractivity (Wildman–Crippen MR) is 68.8 cm³/mol. The summed E-state index contributed by atoms with van der Waals surface area (Å²) in [5.41, 5.74) is 3.49. The molecular weight excluding hydrogens is 210 g/mol. The van der Waals surface area contributed by atoms with E-state index in [2.05, 4.69) is 30.1 Å². The predicted octanol–water partition coefficient (Wildman–Crippen LogP) is 2.54. The number of rotatable bonds is 4. The zero-order chi connectivity index (χ0) is 12.1. The minimum absolute atomic E-state index is 0.346. The largest absolute Gasteiger partial charge is 0.392 e. The molecule has 2 nitrogen and oxygen atoms in total. The Kier molecular flexibility index (Phi) is 3.89. The van der Waals surface area contributed by atoms with E-state index in [0.29, 0.717) is 12.8 Å². The van der Waals surface area contributed by atoms with Crippen molar-refractivity contribution in [3.63, 3.8) is 0 Å². The molecule has 0 amide bonds. The van der Waals surface area contributed by atoms with E-state index in [0.717, 1.165) is 5.56 Å². The topological polar surface area (TPSA) is 33.1 Å². The zero-order valence-corrected chi connectivity index (χ0v) is 10.0. The third-order valence-electron chi connectivity index (χ3n) is 2.75. The Balaban J connectivity index is 1.96. The number of aliphatic hydroxyl groups excluding tert-OH is 1. The van der Waals surface area contributed by atoms with E-state index >= 15 is 0 Å². The van der Waals surface area contributed by atoms with Gasteiger partial charge in [-0.25, -0.2) is 0 Å². The van der Waals surface area contributed by atoms with Crippen molar-refractivity contribution in [2.24, 2.45) is 0 Å². The molecule has 0 radical (unpaired) electrons. The van der Waals surface area contributed by atoms with E-state index < -0.39 is 0 Å². The van der Waals surface area contributed by atoms with Gasteiger partial charge in [0.1, 0.15) is 0 Å². The molecule has 0 saturated heterocycles. The summed E-state index contributed by atoms with van der Waals surface area (Å²) in [5, 5.41) is 10.0. The Morgan fingerprint density at radius 1 is 1.12 bits per heavy atom. The molecule has 1 heterocycles. The van der Waals surface area contributed by atoms with Crippen molar-refractivity contribution in [1.82, 2.24) is 4.98 Å². The standard InChI is InChI=1S/C15H17NO/c1-12-4-2-5-13(8-12)9-15(17)10-14-6-3-7-16-11-14/h2-8,11,15,17H,9-10H2,1H3. The second kappa shape index (κ2) is 5.60. The molecule has 1 aromatic heterocycles. The van der Waals surface area contributed by atoms with Crippen LogP contribution < -0.4 is 0 Å². The van der Waals surface area contributed by atoms with Gasteiger partial charge in [0.15, 0.2) is 0 Å². The van der Waals surface area contributed by atoms with E-state index in [9.17, 15) is 5.11 Å². The Morgan fingerprint density at radius 2 is 1.88 bits per heavy atom. The van der Waals surface area contributed by atoms with Crippen molar-refractivity contribution in [2.45, 2.75) is 25.9 Å². The van der Waals surface area contributed by atoms with E-state index in [1.54, 1.807) is 12.4 Å². The monoisotopic (exact) mass is 227 g/mol. The molecule has 0 saturated carbocycles. The van der Waals surface area contributed by atoms with Gasteiger partial charge in [-0.3, -0.25) is 4.98 Å². The lowest BCUT2D eigenvalue weighted by molar-refractivity contribution is 0.175. The maximum absolute atomic E-state index is 10.0. The number of aliphatic hydroxyl groups is 1. The van der Waals surface area contributed by atoms with Crippen LogP contribution in [-0.2, 0) is 12.8 Å². The fourth-order valence-electron chi connectivity index (χ4n) is 1.97. The van der Waals surface area contributed by atoms with Gasteiger partial charge in [0.05, 0.1) is 6.10 Å². The highest BCUT2D eigenvalue weighted by atomic mass is 16.3. The van der Waals surface area contributed by atoms with Crippen LogP contribution in [0.15, 0.2) is 48.8 Å². The molecule has 17 heavy (non-hydrogen) atoms. The number of aromatic nitrogens is 1. The molecule has 0 aliphatic heterocycles. The SMILES string of the molecule is Cc1cccc(CC(O)Cc2cccnc2)c1. The van der Waals surface area contributed by atoms with Crippen molar-refractivity contribution in [2.75, 3.05) is 0 Å². The molecule has 0 aliphatic rings. The van der Waals surface area contributed by atoms with Crippen LogP contribution in [0.4, 0.5) is 0 Å². The van der Waals surface area contributed by atoms with Crippen molar-refractivity contribution in [3.8, 4) is 0 Å². The normalized spacial score (nSPS) is 12.4. The lowest BCUT2D eigenvalue weighted by Crippen LogP contribution is -2.14. The number of nitrogens with zero attached hydrogens (tertiary/aromatic N) is 1. The van der Waals surface area contributed by atoms with Gasteiger partial charge in [0.2, 0.25) is 0 Å². The van der Waals surface area contributed by atoms with E-state index in [1.165, 1.54) is 11.1 Å². The highest BCUT2D eigenvalue weighted by Crippen LogP contribution is 2.10. The first-order chi connectivity index (χ1) is 8.24. The Morgan fingerprint density at radius 3 is 2.59 bits per heavy atom. The molecule has 0 spiro atoms. The van der Waals surface area contributed by atoms with Crippen LogP contribution >= 0.6 is 0 Å². The van der Waals surface area contributed by atoms with Crippen molar-refractivity contribution >= 4 is 0 Å². The summed E-state index contributed by atoms with van der Waals surface area (Å²) < 4.78 is 0. The number of benzene rings is 1. The van der Waals surface area contributed by atoms with Crippen LogP contribution in [0, 0.1) is 6.92 Å². The summed E-state index contributed by atoms with van der Waals surface area (Å²) in [7, 11) is 0. The molecule has 2 aromatic rings. The van der Waals surface area contributed by atoms with Crippen molar-refractivity contribution in [1.29, 1.82) is 0 Å². The van der Waals surface area contributed by atoms with Gasteiger partial charge in [0, 0.05) is 18.8 Å². The molecule has 2 rings (SSSR count). The fourth-order valence-corrected chi connectivity index (χ4v) is 1.97. The average Bonchev–Trinajstić information content (AvgIpc) is 2.30. The van der Waals surface area contributed by atoms with Crippen molar-refractivity contribution < 1.29 is 5.11 Å². The summed E-state index contributed by atoms with van der Waals surface area (Å²) in [6.07, 6.45) is 4.55. The number of pyridine rings is 1. The van der Waals surface area contributed by atoms with Crippen LogP contribution in [0.1, 0.15) is 16.7 Å². The van der Waals surface area contributed by atoms with Gasteiger partial charge >= 0.3 is 0 Å². The quantitative estimate of drug-likeness (QED) is 0.870. The molecule has 0 aliphatic carbocycles. The third kappa shape index (κ3) is 3.68. The van der Waals surface area contributed by atoms with Crippen LogP contribution in [0.3, 0.4) is 0 Å². The Hall–Kier alpha value is -1.67. The molecule has 1 N–H and O–H groups in total. The molecule has 1 atom stereocenters. The molecule has 2 heteroatoms. The highest BCUT2D eigenvalue weighted by Gasteiger charge is 2.06. The maximum atomic E-state index is 10.0. The summed E-state index contributed by atoms with van der Waals surface area (Å²) >= 11 is 0. The van der Waals surface area contributed by atoms with Crippen LogP contribution in [0.5, 0.6) is 0 Å². The minimum atomic E-state index is -0.346. The maximum Gasteiger partial charge on any atom is 0.0621 e. The molecule has 0 bridgehead atoms. The molecule has 1 aromatic carbocycles. The second-order valence-electron chi connectivity index (χ2n) is 4.41. The van der Waals surface area contributed by atoms with Gasteiger partial charge in [-0.2, -0.15) is 0 Å². The second-order valence-corrected chi connectivity index (χ2v) is 4.41. The smallest absolute Gasteiger partial charge is 0.0621 e. The van der Waals surface area contributed by atoms with Crippen LogP contribution in [-0.4, -0.2) is 16.2 Å². The number of hydrogen-bond donors (Lipinski definition) is 1. The first kappa shape index (κ1) is 11.8. The highest BCUT2D eigenvalue weighted by molar-refractivity contribution is 5.23. The summed E-state index contributed by atoms with van der Waals surface area (Å²) in [6, 6.07) is 12.2. The minimum Gasteiger partial charge on any atom is -0.392 e. The summed E-state index contributed by atoms with van der Waals surface area (Å²) in [6.45, 7) is 2.07. The summed E-state index contributed by atoms with van der Waals surface area (Å²) in [5.74, 6) is 0. The van der Waals surface area contributed by atoms with Crippen LogP contribution in [0.25, 0.3) is 0 Å². The van der Waals surface area contributed by atoms with Crippen LogP contribution in [0.2, 0.25) is 0 Å². The Bertz CT molecular complexity index is 467. The van der Waals surface area contributed by atoms with Gasteiger partial charge < -0.3 is 5.11 Å². The molecular formula is C15H17NO.